The van der Waals surface area contributed by atoms with Crippen LogP contribution in [0, 0.1) is 5.92 Å². The molecule has 0 spiro atoms. The van der Waals surface area contributed by atoms with Gasteiger partial charge in [-0.15, -0.1) is 0 Å². The van der Waals surface area contributed by atoms with Crippen LogP contribution in [0.2, 0.25) is 0 Å². The van der Waals surface area contributed by atoms with E-state index in [2.05, 4.69) is 13.8 Å². The van der Waals surface area contributed by atoms with Gasteiger partial charge in [-0.05, 0) is 30.0 Å². The van der Waals surface area contributed by atoms with Crippen molar-refractivity contribution in [3.05, 3.63) is 23.8 Å². The smallest absolute Gasteiger partial charge is 0.122 e. The average Bonchev–Trinajstić information content (AvgIpc) is 2.27. The van der Waals surface area contributed by atoms with Gasteiger partial charge in [0, 0.05) is 12.1 Å². The second-order valence-corrected chi connectivity index (χ2v) is 4.38. The third-order valence-corrected chi connectivity index (χ3v) is 2.53. The first kappa shape index (κ1) is 12.8. The summed E-state index contributed by atoms with van der Waals surface area (Å²) in [6.45, 7) is 4.33. The first-order valence-corrected chi connectivity index (χ1v) is 5.55. The Balaban J connectivity index is 2.93. The summed E-state index contributed by atoms with van der Waals surface area (Å²) < 4.78 is 10.4. The van der Waals surface area contributed by atoms with E-state index in [1.54, 1.807) is 14.2 Å². The van der Waals surface area contributed by atoms with Gasteiger partial charge in [-0.3, -0.25) is 0 Å². The maximum atomic E-state index is 6.13. The predicted octanol–water partition coefficient (Wildman–Crippen LogP) is 2.75. The van der Waals surface area contributed by atoms with Gasteiger partial charge in [-0.2, -0.15) is 0 Å². The number of hydrogen-bond donors (Lipinski definition) is 1. The van der Waals surface area contributed by atoms with Crippen molar-refractivity contribution >= 4 is 0 Å². The number of rotatable bonds is 5. The number of methoxy groups -OCH3 is 2. The van der Waals surface area contributed by atoms with Crippen molar-refractivity contribution in [1.82, 2.24) is 0 Å². The van der Waals surface area contributed by atoms with Crippen molar-refractivity contribution in [2.75, 3.05) is 14.2 Å². The molecule has 0 aliphatic heterocycles. The first-order chi connectivity index (χ1) is 7.56. The Labute approximate surface area is 97.6 Å². The quantitative estimate of drug-likeness (QED) is 0.834. The normalized spacial score (nSPS) is 12.6. The van der Waals surface area contributed by atoms with Crippen molar-refractivity contribution < 1.29 is 9.47 Å². The van der Waals surface area contributed by atoms with Crippen LogP contribution in [0.4, 0.5) is 0 Å². The van der Waals surface area contributed by atoms with Crippen LogP contribution in [0.5, 0.6) is 11.5 Å². The Bertz CT molecular complexity index is 314. The Kier molecular flexibility index (Phi) is 4.62. The van der Waals surface area contributed by atoms with Gasteiger partial charge in [0.05, 0.1) is 14.2 Å². The Hall–Kier alpha value is -1.22. The summed E-state index contributed by atoms with van der Waals surface area (Å²) in [5.41, 5.74) is 7.19. The van der Waals surface area contributed by atoms with E-state index in [0.717, 1.165) is 23.5 Å². The molecule has 0 aliphatic carbocycles. The third kappa shape index (κ3) is 3.42. The SMILES string of the molecule is COc1cc(OC)cc([C@@H](N)CC(C)C)c1. The highest BCUT2D eigenvalue weighted by molar-refractivity contribution is 5.39. The minimum Gasteiger partial charge on any atom is -0.497 e. The van der Waals surface area contributed by atoms with Crippen LogP contribution in [0.25, 0.3) is 0 Å². The van der Waals surface area contributed by atoms with E-state index in [9.17, 15) is 0 Å². The molecule has 0 radical (unpaired) electrons. The number of ether oxygens (including phenoxy) is 2. The maximum absolute atomic E-state index is 6.13. The molecule has 90 valence electrons. The fourth-order valence-corrected chi connectivity index (χ4v) is 1.69. The van der Waals surface area contributed by atoms with Crippen LogP contribution in [0.15, 0.2) is 18.2 Å². The van der Waals surface area contributed by atoms with E-state index in [0.29, 0.717) is 5.92 Å². The Morgan fingerprint density at radius 3 is 1.94 bits per heavy atom. The number of benzene rings is 1. The van der Waals surface area contributed by atoms with E-state index in [1.807, 2.05) is 18.2 Å². The molecule has 1 rings (SSSR count). The van der Waals surface area contributed by atoms with Gasteiger partial charge < -0.3 is 15.2 Å². The molecule has 0 aliphatic rings. The molecule has 3 heteroatoms. The largest absolute Gasteiger partial charge is 0.497 e. The lowest BCUT2D eigenvalue weighted by Gasteiger charge is -2.16. The summed E-state index contributed by atoms with van der Waals surface area (Å²) in [5, 5.41) is 0. The maximum Gasteiger partial charge on any atom is 0.122 e. The van der Waals surface area contributed by atoms with Gasteiger partial charge >= 0.3 is 0 Å². The van der Waals surface area contributed by atoms with Crippen molar-refractivity contribution in [2.45, 2.75) is 26.3 Å². The molecule has 1 atom stereocenters. The van der Waals surface area contributed by atoms with Crippen LogP contribution in [-0.4, -0.2) is 14.2 Å². The molecule has 2 N–H and O–H groups in total. The van der Waals surface area contributed by atoms with Gasteiger partial charge in [0.25, 0.3) is 0 Å². The second-order valence-electron chi connectivity index (χ2n) is 4.38. The lowest BCUT2D eigenvalue weighted by atomic mass is 9.97. The van der Waals surface area contributed by atoms with E-state index >= 15 is 0 Å². The fourth-order valence-electron chi connectivity index (χ4n) is 1.69. The molecule has 0 fully saturated rings. The predicted molar refractivity (Wildman–Crippen MR) is 65.9 cm³/mol. The van der Waals surface area contributed by atoms with Gasteiger partial charge in [0.1, 0.15) is 11.5 Å². The molecule has 0 aromatic heterocycles. The highest BCUT2D eigenvalue weighted by Crippen LogP contribution is 2.28. The molecule has 0 bridgehead atoms. The molecular formula is C13H21NO2. The van der Waals surface area contributed by atoms with E-state index in [1.165, 1.54) is 0 Å². The van der Waals surface area contributed by atoms with Crippen LogP contribution in [-0.2, 0) is 0 Å². The summed E-state index contributed by atoms with van der Waals surface area (Å²) in [5.74, 6) is 2.15. The van der Waals surface area contributed by atoms with Crippen LogP contribution < -0.4 is 15.2 Å². The molecule has 16 heavy (non-hydrogen) atoms. The lowest BCUT2D eigenvalue weighted by Crippen LogP contribution is -2.13. The molecule has 3 nitrogen and oxygen atoms in total. The van der Waals surface area contributed by atoms with Crippen molar-refractivity contribution in [2.24, 2.45) is 11.7 Å². The van der Waals surface area contributed by atoms with Crippen molar-refractivity contribution in [3.8, 4) is 11.5 Å². The zero-order chi connectivity index (χ0) is 12.1. The van der Waals surface area contributed by atoms with E-state index in [4.69, 9.17) is 15.2 Å². The highest BCUT2D eigenvalue weighted by atomic mass is 16.5. The molecule has 1 aromatic rings. The Morgan fingerprint density at radius 1 is 1.06 bits per heavy atom. The first-order valence-electron chi connectivity index (χ1n) is 5.55. The molecule has 0 unspecified atom stereocenters. The number of hydrogen-bond acceptors (Lipinski definition) is 3. The molecule has 0 heterocycles. The molecule has 0 saturated carbocycles. The van der Waals surface area contributed by atoms with Gasteiger partial charge in [0.15, 0.2) is 0 Å². The summed E-state index contributed by atoms with van der Waals surface area (Å²) >= 11 is 0. The molecule has 0 amide bonds. The van der Waals surface area contributed by atoms with Gasteiger partial charge in [-0.1, -0.05) is 13.8 Å². The zero-order valence-electron chi connectivity index (χ0n) is 10.5. The van der Waals surface area contributed by atoms with E-state index < -0.39 is 0 Å². The fraction of sp³-hybridized carbons (Fsp3) is 0.538. The van der Waals surface area contributed by atoms with E-state index in [-0.39, 0.29) is 6.04 Å². The highest BCUT2D eigenvalue weighted by Gasteiger charge is 2.11. The summed E-state index contributed by atoms with van der Waals surface area (Å²) in [4.78, 5) is 0. The third-order valence-electron chi connectivity index (χ3n) is 2.53. The van der Waals surface area contributed by atoms with Crippen LogP contribution in [0.1, 0.15) is 31.9 Å². The van der Waals surface area contributed by atoms with Gasteiger partial charge in [-0.25, -0.2) is 0 Å². The summed E-state index contributed by atoms with van der Waals surface area (Å²) in [7, 11) is 3.29. The zero-order valence-corrected chi connectivity index (χ0v) is 10.5. The minimum atomic E-state index is 0.0315. The topological polar surface area (TPSA) is 44.5 Å². The Morgan fingerprint density at radius 2 is 1.56 bits per heavy atom. The number of nitrogens with two attached hydrogens (primary N) is 1. The summed E-state index contributed by atoms with van der Waals surface area (Å²) in [6.07, 6.45) is 0.955. The second kappa shape index (κ2) is 5.75. The van der Waals surface area contributed by atoms with Crippen molar-refractivity contribution in [1.29, 1.82) is 0 Å². The van der Waals surface area contributed by atoms with Gasteiger partial charge in [0.2, 0.25) is 0 Å². The van der Waals surface area contributed by atoms with Crippen molar-refractivity contribution in [3.63, 3.8) is 0 Å². The van der Waals surface area contributed by atoms with Crippen LogP contribution in [0.3, 0.4) is 0 Å². The lowest BCUT2D eigenvalue weighted by molar-refractivity contribution is 0.391. The molecular weight excluding hydrogens is 202 g/mol. The average molecular weight is 223 g/mol. The monoisotopic (exact) mass is 223 g/mol. The molecule has 1 aromatic carbocycles. The minimum absolute atomic E-state index is 0.0315. The van der Waals surface area contributed by atoms with Crippen LogP contribution >= 0.6 is 0 Å². The molecule has 0 saturated heterocycles. The summed E-state index contributed by atoms with van der Waals surface area (Å²) in [6, 6.07) is 5.82. The standard InChI is InChI=1S/C13H21NO2/c1-9(2)5-13(14)10-6-11(15-3)8-12(7-10)16-4/h6-9,13H,5,14H2,1-4H3/t13-/m0/s1.